The van der Waals surface area contributed by atoms with Gasteiger partial charge in [0.15, 0.2) is 11.6 Å². The van der Waals surface area contributed by atoms with E-state index in [2.05, 4.69) is 36.8 Å². The first-order valence-electron chi connectivity index (χ1n) is 13.4. The van der Waals surface area contributed by atoms with Crippen molar-refractivity contribution in [1.82, 2.24) is 34.6 Å². The number of hydrogen-bond acceptors (Lipinski definition) is 9. The molecule has 5 heterocycles. The number of fused-ring (bicyclic) bond motifs is 2. The van der Waals surface area contributed by atoms with Crippen molar-refractivity contribution >= 4 is 23.4 Å². The van der Waals surface area contributed by atoms with Crippen LogP contribution in [0, 0.1) is 18.7 Å². The molecule has 4 aromatic rings. The molecule has 2 unspecified atom stereocenters. The molecular formula is C29H30FN9O2. The summed E-state index contributed by atoms with van der Waals surface area (Å²) in [6, 6.07) is 6.60. The van der Waals surface area contributed by atoms with Crippen LogP contribution in [-0.2, 0) is 11.8 Å². The summed E-state index contributed by atoms with van der Waals surface area (Å²) in [5.41, 5.74) is 2.73. The topological polar surface area (TPSA) is 114 Å². The van der Waals surface area contributed by atoms with Crippen LogP contribution >= 0.6 is 0 Å². The van der Waals surface area contributed by atoms with E-state index in [-0.39, 0.29) is 23.7 Å². The molecule has 6 rings (SSSR count). The smallest absolute Gasteiger partial charge is 0.322 e. The largest absolute Gasteiger partial charge is 0.421 e. The average Bonchev–Trinajstić information content (AvgIpc) is 3.49. The Bertz CT molecular complexity index is 1610. The number of carbonyl (C=O) groups is 1. The summed E-state index contributed by atoms with van der Waals surface area (Å²) in [6.45, 7) is 7.53. The monoisotopic (exact) mass is 555 g/mol. The molecule has 2 aliphatic rings. The van der Waals surface area contributed by atoms with E-state index in [0.717, 1.165) is 25.1 Å². The highest BCUT2D eigenvalue weighted by molar-refractivity contribution is 5.87. The summed E-state index contributed by atoms with van der Waals surface area (Å²) < 4.78 is 22.6. The van der Waals surface area contributed by atoms with E-state index in [1.165, 1.54) is 12.1 Å². The lowest BCUT2D eigenvalue weighted by atomic mass is 10.0. The Hall–Kier alpha value is -4.87. The molecule has 210 valence electrons. The highest BCUT2D eigenvalue weighted by Gasteiger charge is 2.38. The molecule has 1 N–H and O–H groups in total. The number of hydrogen-bond donors (Lipinski definition) is 1. The number of aromatic nitrogens is 6. The van der Waals surface area contributed by atoms with Gasteiger partial charge in [0.25, 0.3) is 0 Å². The number of halogens is 1. The number of nitrogens with zero attached hydrogens (tertiary/aromatic N) is 8. The Morgan fingerprint density at radius 2 is 2.07 bits per heavy atom. The van der Waals surface area contributed by atoms with Gasteiger partial charge in [-0.15, -0.1) is 0 Å². The van der Waals surface area contributed by atoms with Crippen LogP contribution in [0.15, 0.2) is 61.7 Å². The number of amides is 1. The van der Waals surface area contributed by atoms with Crippen molar-refractivity contribution in [3.8, 4) is 22.9 Å². The maximum atomic E-state index is 15.3. The molecule has 41 heavy (non-hydrogen) atoms. The van der Waals surface area contributed by atoms with Crippen molar-refractivity contribution in [2.24, 2.45) is 13.0 Å². The molecule has 3 aromatic heterocycles. The molecule has 2 aliphatic heterocycles. The third kappa shape index (κ3) is 5.58. The Morgan fingerprint density at radius 3 is 2.83 bits per heavy atom. The van der Waals surface area contributed by atoms with Crippen LogP contribution in [0.5, 0.6) is 11.8 Å². The van der Waals surface area contributed by atoms with Gasteiger partial charge in [0.2, 0.25) is 11.9 Å². The van der Waals surface area contributed by atoms with E-state index >= 15 is 4.39 Å². The standard InChI is InChI=1S/C29H30FN9O2/c1-4-26(40)38-10-8-19-11-22(17-38)39(15-19)27-23(14-32-28(36-27)35-21-13-33-37(3)16-21)20-5-6-25(24(30)12-20)41-29-31-9-7-18(2)34-29/h4-7,9,12-14,16,19,22H,1,8,10-11,15,17H2,2-3H3,(H,32,35,36). The van der Waals surface area contributed by atoms with Crippen LogP contribution in [0.2, 0.25) is 0 Å². The molecule has 1 aromatic carbocycles. The van der Waals surface area contributed by atoms with Gasteiger partial charge in [-0.2, -0.15) is 10.1 Å². The molecule has 2 bridgehead atoms. The number of nitrogens with one attached hydrogen (secondary N) is 1. The summed E-state index contributed by atoms with van der Waals surface area (Å²) in [5, 5.41) is 7.41. The second kappa shape index (κ2) is 11.0. The van der Waals surface area contributed by atoms with Crippen LogP contribution in [0.4, 0.5) is 21.8 Å². The van der Waals surface area contributed by atoms with Gasteiger partial charge in [-0.3, -0.25) is 9.48 Å². The fourth-order valence-corrected chi connectivity index (χ4v) is 5.46. The molecule has 2 saturated heterocycles. The quantitative estimate of drug-likeness (QED) is 0.334. The predicted octanol–water partition coefficient (Wildman–Crippen LogP) is 4.26. The van der Waals surface area contributed by atoms with Crippen LogP contribution in [0.25, 0.3) is 11.1 Å². The van der Waals surface area contributed by atoms with Crippen molar-refractivity contribution < 1.29 is 13.9 Å². The minimum absolute atomic E-state index is 0.0174. The van der Waals surface area contributed by atoms with E-state index in [0.29, 0.717) is 47.6 Å². The summed E-state index contributed by atoms with van der Waals surface area (Å²) >= 11 is 0. The van der Waals surface area contributed by atoms with E-state index in [4.69, 9.17) is 9.72 Å². The SMILES string of the molecule is C=CC(=O)N1CCC2CC(C1)N(c1nc(Nc3cnn(C)c3)ncc1-c1ccc(Oc3nccc(C)n3)c(F)c1)C2. The van der Waals surface area contributed by atoms with Gasteiger partial charge in [0, 0.05) is 62.6 Å². The second-order valence-electron chi connectivity index (χ2n) is 10.4. The molecule has 0 aliphatic carbocycles. The van der Waals surface area contributed by atoms with Crippen LogP contribution < -0.4 is 15.0 Å². The number of ether oxygens (including phenoxy) is 1. The third-order valence-corrected chi connectivity index (χ3v) is 7.44. The lowest BCUT2D eigenvalue weighted by Gasteiger charge is -2.33. The zero-order valence-corrected chi connectivity index (χ0v) is 22.9. The zero-order chi connectivity index (χ0) is 28.5. The van der Waals surface area contributed by atoms with Gasteiger partial charge < -0.3 is 19.9 Å². The van der Waals surface area contributed by atoms with Crippen LogP contribution in [0.1, 0.15) is 18.5 Å². The molecule has 0 spiro atoms. The van der Waals surface area contributed by atoms with E-state index in [9.17, 15) is 4.79 Å². The second-order valence-corrected chi connectivity index (χ2v) is 10.4. The van der Waals surface area contributed by atoms with E-state index < -0.39 is 5.82 Å². The van der Waals surface area contributed by atoms with Crippen molar-refractivity contribution in [2.75, 3.05) is 29.9 Å². The van der Waals surface area contributed by atoms with Crippen LogP contribution in [0.3, 0.4) is 0 Å². The summed E-state index contributed by atoms with van der Waals surface area (Å²) in [7, 11) is 1.83. The maximum absolute atomic E-state index is 15.3. The minimum atomic E-state index is -0.559. The fourth-order valence-electron chi connectivity index (χ4n) is 5.46. The van der Waals surface area contributed by atoms with Gasteiger partial charge >= 0.3 is 6.01 Å². The van der Waals surface area contributed by atoms with Gasteiger partial charge in [-0.25, -0.2) is 19.3 Å². The summed E-state index contributed by atoms with van der Waals surface area (Å²) in [4.78, 5) is 34.3. The Balaban J connectivity index is 1.36. The minimum Gasteiger partial charge on any atom is -0.421 e. The predicted molar refractivity (Wildman–Crippen MR) is 151 cm³/mol. The molecule has 1 amide bonds. The van der Waals surface area contributed by atoms with Crippen LogP contribution in [-0.4, -0.2) is 66.2 Å². The van der Waals surface area contributed by atoms with Gasteiger partial charge in [-0.05, 0) is 55.5 Å². The number of benzene rings is 1. The lowest BCUT2D eigenvalue weighted by Crippen LogP contribution is -2.44. The molecule has 0 saturated carbocycles. The van der Waals surface area contributed by atoms with E-state index in [1.54, 1.807) is 41.5 Å². The third-order valence-electron chi connectivity index (χ3n) is 7.44. The van der Waals surface area contributed by atoms with Crippen molar-refractivity contribution in [1.29, 1.82) is 0 Å². The highest BCUT2D eigenvalue weighted by atomic mass is 19.1. The number of anilines is 3. The Labute approximate surface area is 236 Å². The molecule has 11 nitrogen and oxygen atoms in total. The first-order chi connectivity index (χ1) is 19.9. The molecule has 2 atom stereocenters. The highest BCUT2D eigenvalue weighted by Crippen LogP contribution is 2.39. The van der Waals surface area contributed by atoms with Crippen molar-refractivity contribution in [3.05, 3.63) is 73.2 Å². The zero-order valence-electron chi connectivity index (χ0n) is 22.9. The van der Waals surface area contributed by atoms with Gasteiger partial charge in [0.1, 0.15) is 5.82 Å². The first-order valence-corrected chi connectivity index (χ1v) is 13.4. The summed E-state index contributed by atoms with van der Waals surface area (Å²) in [6.07, 6.45) is 9.98. The van der Waals surface area contributed by atoms with Crippen molar-refractivity contribution in [3.63, 3.8) is 0 Å². The van der Waals surface area contributed by atoms with Gasteiger partial charge in [0.05, 0.1) is 11.9 Å². The lowest BCUT2D eigenvalue weighted by molar-refractivity contribution is -0.126. The normalized spacial score (nSPS) is 18.2. The number of likely N-dealkylation sites (tertiary alicyclic amines) is 1. The average molecular weight is 556 g/mol. The Kier molecular flexibility index (Phi) is 7.04. The van der Waals surface area contributed by atoms with Gasteiger partial charge in [-0.1, -0.05) is 12.6 Å². The fraction of sp³-hybridized carbons (Fsp3) is 0.310. The van der Waals surface area contributed by atoms with Crippen molar-refractivity contribution in [2.45, 2.75) is 25.8 Å². The first kappa shape index (κ1) is 26.4. The Morgan fingerprint density at radius 1 is 1.20 bits per heavy atom. The molecule has 12 heteroatoms. The number of rotatable bonds is 7. The number of aryl methyl sites for hydroxylation is 2. The van der Waals surface area contributed by atoms with E-state index in [1.807, 2.05) is 25.1 Å². The molecule has 0 radical (unpaired) electrons. The molecular weight excluding hydrogens is 525 g/mol. The molecule has 2 fully saturated rings. The summed E-state index contributed by atoms with van der Waals surface area (Å²) in [5.74, 6) is 0.852. The number of carbonyl (C=O) groups excluding carboxylic acids is 1. The maximum Gasteiger partial charge on any atom is 0.322 e.